The van der Waals surface area contributed by atoms with E-state index in [9.17, 15) is 14.9 Å². The van der Waals surface area contributed by atoms with E-state index in [0.717, 1.165) is 0 Å². The van der Waals surface area contributed by atoms with E-state index >= 15 is 0 Å². The second-order valence-corrected chi connectivity index (χ2v) is 4.52. The van der Waals surface area contributed by atoms with E-state index < -0.39 is 4.92 Å². The number of nitrogens with one attached hydrogen (secondary N) is 2. The summed E-state index contributed by atoms with van der Waals surface area (Å²) in [4.78, 5) is 25.4. The van der Waals surface area contributed by atoms with Crippen molar-refractivity contribution in [2.24, 2.45) is 5.92 Å². The van der Waals surface area contributed by atoms with Gasteiger partial charge in [-0.1, -0.05) is 13.8 Å². The van der Waals surface area contributed by atoms with Crippen molar-refractivity contribution in [3.05, 3.63) is 28.6 Å². The Morgan fingerprint density at radius 1 is 1.53 bits per heavy atom. The normalized spacial score (nSPS) is 10.3. The summed E-state index contributed by atoms with van der Waals surface area (Å²) in [5.74, 6) is 0.330. The van der Waals surface area contributed by atoms with Crippen molar-refractivity contribution in [3.63, 3.8) is 0 Å². The third-order valence-electron chi connectivity index (χ3n) is 2.37. The Labute approximate surface area is 111 Å². The topological polar surface area (TPSA) is 97.2 Å². The molecule has 19 heavy (non-hydrogen) atoms. The van der Waals surface area contributed by atoms with E-state index in [1.165, 1.54) is 18.5 Å². The van der Waals surface area contributed by atoms with Gasteiger partial charge in [0, 0.05) is 25.7 Å². The van der Waals surface area contributed by atoms with Crippen LogP contribution in [0.2, 0.25) is 0 Å². The highest BCUT2D eigenvalue weighted by molar-refractivity contribution is 5.76. The maximum atomic E-state index is 11.5. The Balaban J connectivity index is 2.41. The third-order valence-corrected chi connectivity index (χ3v) is 2.37. The van der Waals surface area contributed by atoms with Gasteiger partial charge < -0.3 is 10.6 Å². The number of carbonyl (C=O) groups excluding carboxylic acids is 1. The Hall–Kier alpha value is -2.18. The Morgan fingerprint density at radius 3 is 2.89 bits per heavy atom. The molecule has 7 nitrogen and oxygen atoms in total. The number of pyridine rings is 1. The molecule has 2 N–H and O–H groups in total. The van der Waals surface area contributed by atoms with E-state index in [4.69, 9.17) is 0 Å². The van der Waals surface area contributed by atoms with E-state index in [2.05, 4.69) is 15.6 Å². The predicted molar refractivity (Wildman–Crippen MR) is 71.8 cm³/mol. The lowest BCUT2D eigenvalue weighted by molar-refractivity contribution is -0.384. The van der Waals surface area contributed by atoms with Gasteiger partial charge in [0.2, 0.25) is 5.91 Å². The minimum atomic E-state index is -0.506. The molecule has 0 aliphatic heterocycles. The maximum Gasteiger partial charge on any atom is 0.310 e. The van der Waals surface area contributed by atoms with E-state index in [0.29, 0.717) is 24.7 Å². The van der Waals surface area contributed by atoms with Gasteiger partial charge in [-0.15, -0.1) is 0 Å². The van der Waals surface area contributed by atoms with Crippen LogP contribution in [0, 0.1) is 16.0 Å². The Kier molecular flexibility index (Phi) is 5.72. The molecule has 1 heterocycles. The van der Waals surface area contributed by atoms with Crippen LogP contribution < -0.4 is 10.6 Å². The summed E-state index contributed by atoms with van der Waals surface area (Å²) in [5.41, 5.74) is 0.279. The quantitative estimate of drug-likeness (QED) is 0.576. The number of hydrogen-bond acceptors (Lipinski definition) is 5. The average molecular weight is 266 g/mol. The molecule has 0 aromatic carbocycles. The van der Waals surface area contributed by atoms with Gasteiger partial charge in [0.15, 0.2) is 0 Å². The first-order chi connectivity index (χ1) is 9.00. The average Bonchev–Trinajstić information content (AvgIpc) is 2.36. The first-order valence-electron chi connectivity index (χ1n) is 6.09. The van der Waals surface area contributed by atoms with Crippen LogP contribution in [0.1, 0.15) is 20.3 Å². The molecule has 1 aromatic rings. The summed E-state index contributed by atoms with van der Waals surface area (Å²) >= 11 is 0. The van der Waals surface area contributed by atoms with Gasteiger partial charge in [0.1, 0.15) is 11.9 Å². The van der Waals surface area contributed by atoms with Crippen LogP contribution in [0.15, 0.2) is 18.5 Å². The van der Waals surface area contributed by atoms with E-state index in [-0.39, 0.29) is 18.0 Å². The monoisotopic (exact) mass is 266 g/mol. The summed E-state index contributed by atoms with van der Waals surface area (Å²) in [6, 6.07) is 1.52. The fourth-order valence-electron chi connectivity index (χ4n) is 1.40. The second-order valence-electron chi connectivity index (χ2n) is 4.52. The van der Waals surface area contributed by atoms with Gasteiger partial charge >= 0.3 is 5.69 Å². The molecule has 0 aliphatic carbocycles. The number of anilines is 1. The highest BCUT2D eigenvalue weighted by Crippen LogP contribution is 2.21. The van der Waals surface area contributed by atoms with Gasteiger partial charge in [-0.25, -0.2) is 0 Å². The van der Waals surface area contributed by atoms with E-state index in [1.807, 2.05) is 13.8 Å². The summed E-state index contributed by atoms with van der Waals surface area (Å²) in [6.07, 6.45) is 2.92. The van der Waals surface area contributed by atoms with Crippen LogP contribution in [0.5, 0.6) is 0 Å². The zero-order chi connectivity index (χ0) is 14.3. The number of carbonyl (C=O) groups is 1. The van der Waals surface area contributed by atoms with Gasteiger partial charge in [-0.3, -0.25) is 19.9 Å². The van der Waals surface area contributed by atoms with Crippen molar-refractivity contribution in [1.82, 2.24) is 10.3 Å². The molecule has 0 unspecified atom stereocenters. The highest BCUT2D eigenvalue weighted by Gasteiger charge is 2.12. The van der Waals surface area contributed by atoms with Crippen molar-refractivity contribution in [3.8, 4) is 0 Å². The Bertz CT molecular complexity index is 448. The van der Waals surface area contributed by atoms with Crippen molar-refractivity contribution in [2.45, 2.75) is 20.3 Å². The number of aromatic nitrogens is 1. The number of hydrogen-bond donors (Lipinski definition) is 2. The molecule has 0 atom stereocenters. The van der Waals surface area contributed by atoms with Crippen molar-refractivity contribution in [1.29, 1.82) is 0 Å². The zero-order valence-electron chi connectivity index (χ0n) is 11.0. The zero-order valence-corrected chi connectivity index (χ0v) is 11.0. The number of rotatable bonds is 7. The van der Waals surface area contributed by atoms with Crippen LogP contribution >= 0.6 is 0 Å². The molecule has 104 valence electrons. The molecule has 0 spiro atoms. The minimum Gasteiger partial charge on any atom is -0.379 e. The molecule has 0 bridgehead atoms. The van der Waals surface area contributed by atoms with Crippen molar-refractivity contribution >= 4 is 17.3 Å². The summed E-state index contributed by atoms with van der Waals surface area (Å²) in [7, 11) is 0. The van der Waals surface area contributed by atoms with Crippen molar-refractivity contribution < 1.29 is 9.72 Å². The van der Waals surface area contributed by atoms with Crippen LogP contribution in [-0.4, -0.2) is 28.9 Å². The molecule has 1 aromatic heterocycles. The number of amides is 1. The summed E-state index contributed by atoms with van der Waals surface area (Å²) in [6.45, 7) is 5.00. The first-order valence-corrected chi connectivity index (χ1v) is 6.09. The molecule has 7 heteroatoms. The smallest absolute Gasteiger partial charge is 0.310 e. The standard InChI is InChI=1S/C12H18N4O3/c1-9(2)7-15-12(17)4-6-14-10-3-5-13-8-11(10)16(18)19/h3,5,8-9H,4,6-7H2,1-2H3,(H,13,14)(H,15,17). The Morgan fingerprint density at radius 2 is 2.26 bits per heavy atom. The molecule has 0 aliphatic rings. The lowest BCUT2D eigenvalue weighted by atomic mass is 10.2. The van der Waals surface area contributed by atoms with Crippen molar-refractivity contribution in [2.75, 3.05) is 18.4 Å². The number of nitrogens with zero attached hydrogens (tertiary/aromatic N) is 2. The fraction of sp³-hybridized carbons (Fsp3) is 0.500. The van der Waals surface area contributed by atoms with Gasteiger partial charge in [-0.05, 0) is 12.0 Å². The second kappa shape index (κ2) is 7.30. The lowest BCUT2D eigenvalue weighted by Gasteiger charge is -2.09. The first kappa shape index (κ1) is 14.9. The minimum absolute atomic E-state index is 0.0714. The maximum absolute atomic E-state index is 11.5. The van der Waals surface area contributed by atoms with Crippen LogP contribution in [0.4, 0.5) is 11.4 Å². The molecular formula is C12H18N4O3. The molecule has 1 amide bonds. The predicted octanol–water partition coefficient (Wildman–Crippen LogP) is 1.56. The van der Waals surface area contributed by atoms with Crippen LogP contribution in [0.3, 0.4) is 0 Å². The van der Waals surface area contributed by atoms with Gasteiger partial charge in [0.25, 0.3) is 0 Å². The molecular weight excluding hydrogens is 248 g/mol. The third kappa shape index (κ3) is 5.33. The SMILES string of the molecule is CC(C)CNC(=O)CCNc1ccncc1[N+](=O)[O-]. The summed E-state index contributed by atoms with van der Waals surface area (Å²) < 4.78 is 0. The molecule has 0 fully saturated rings. The molecule has 0 saturated carbocycles. The molecule has 0 radical (unpaired) electrons. The fourth-order valence-corrected chi connectivity index (χ4v) is 1.40. The summed E-state index contributed by atoms with van der Waals surface area (Å²) in [5, 5.41) is 16.4. The highest BCUT2D eigenvalue weighted by atomic mass is 16.6. The van der Waals surface area contributed by atoms with E-state index in [1.54, 1.807) is 0 Å². The largest absolute Gasteiger partial charge is 0.379 e. The van der Waals surface area contributed by atoms with Crippen LogP contribution in [0.25, 0.3) is 0 Å². The van der Waals surface area contributed by atoms with Gasteiger partial charge in [0.05, 0.1) is 4.92 Å². The number of nitro groups is 1. The lowest BCUT2D eigenvalue weighted by Crippen LogP contribution is -2.28. The van der Waals surface area contributed by atoms with Gasteiger partial charge in [-0.2, -0.15) is 0 Å². The molecule has 0 saturated heterocycles. The van der Waals surface area contributed by atoms with Crippen LogP contribution in [-0.2, 0) is 4.79 Å². The molecule has 1 rings (SSSR count).